The van der Waals surface area contributed by atoms with E-state index in [0.29, 0.717) is 32.6 Å². The van der Waals surface area contributed by atoms with E-state index in [1.807, 2.05) is 0 Å². The molecule has 2 N–H and O–H groups in total. The van der Waals surface area contributed by atoms with E-state index in [4.69, 9.17) is 0 Å². The molecule has 7 nitrogen and oxygen atoms in total. The topological polar surface area (TPSA) is 114 Å². The second-order valence-corrected chi connectivity index (χ2v) is 8.81. The summed E-state index contributed by atoms with van der Waals surface area (Å²) in [6.07, 6.45) is 1.30. The summed E-state index contributed by atoms with van der Waals surface area (Å²) < 4.78 is 13.5. The molecular formula is C22H19NO6S. The zero-order valence-electron chi connectivity index (χ0n) is 16.1. The summed E-state index contributed by atoms with van der Waals surface area (Å²) in [5, 5.41) is 19.9. The average Bonchev–Trinajstić information content (AvgIpc) is 3.06. The number of rotatable bonds is 4. The molecule has 1 unspecified atom stereocenters. The predicted molar refractivity (Wildman–Crippen MR) is 110 cm³/mol. The Bertz CT molecular complexity index is 1210. The van der Waals surface area contributed by atoms with Gasteiger partial charge in [0.05, 0.1) is 5.52 Å². The summed E-state index contributed by atoms with van der Waals surface area (Å²) in [7, 11) is -1.29. The van der Waals surface area contributed by atoms with Crippen LogP contribution in [0, 0.1) is 5.41 Å². The normalized spacial score (nSPS) is 16.0. The fourth-order valence-electron chi connectivity index (χ4n) is 4.15. The van der Waals surface area contributed by atoms with E-state index in [2.05, 4.69) is 0 Å². The summed E-state index contributed by atoms with van der Waals surface area (Å²) in [6.45, 7) is 0. The highest BCUT2D eigenvalue weighted by molar-refractivity contribution is 7.84. The van der Waals surface area contributed by atoms with E-state index in [9.17, 15) is 28.8 Å². The van der Waals surface area contributed by atoms with Crippen LogP contribution in [0.5, 0.6) is 0 Å². The van der Waals surface area contributed by atoms with Crippen LogP contribution in [0.2, 0.25) is 0 Å². The maximum Gasteiger partial charge on any atom is 0.321 e. The van der Waals surface area contributed by atoms with Gasteiger partial charge in [0.1, 0.15) is 0 Å². The minimum atomic E-state index is -1.96. The van der Waals surface area contributed by atoms with Gasteiger partial charge in [-0.2, -0.15) is 0 Å². The van der Waals surface area contributed by atoms with Gasteiger partial charge in [-0.05, 0) is 48.7 Å². The van der Waals surface area contributed by atoms with Crippen molar-refractivity contribution >= 4 is 39.5 Å². The number of aromatic nitrogens is 1. The van der Waals surface area contributed by atoms with Gasteiger partial charge in [0, 0.05) is 45.0 Å². The average molecular weight is 425 g/mol. The van der Waals surface area contributed by atoms with Crippen LogP contribution in [0.3, 0.4) is 0 Å². The molecule has 0 saturated carbocycles. The standard InChI is InChI=1S/C22H19NO6S/c1-30(29)14-7-8-17-15(11-14)16-12-22(20(25)26,21(27)28)10-9-18(16)23(17)19(24)13-5-3-2-4-6-13/h2-8,11H,9-10,12H2,1H3,(H,25,26)(H,27,28). The molecule has 0 fully saturated rings. The van der Waals surface area contributed by atoms with Crippen molar-refractivity contribution in [3.63, 3.8) is 0 Å². The van der Waals surface area contributed by atoms with E-state index in [0.717, 1.165) is 0 Å². The lowest BCUT2D eigenvalue weighted by molar-refractivity contribution is -0.165. The van der Waals surface area contributed by atoms with Gasteiger partial charge in [-0.1, -0.05) is 18.2 Å². The maximum absolute atomic E-state index is 13.3. The number of carbonyl (C=O) groups excluding carboxylic acids is 1. The van der Waals surface area contributed by atoms with Crippen LogP contribution >= 0.6 is 0 Å². The van der Waals surface area contributed by atoms with Gasteiger partial charge in [0.25, 0.3) is 5.91 Å². The predicted octanol–water partition coefficient (Wildman–Crippen LogP) is 2.71. The van der Waals surface area contributed by atoms with Crippen molar-refractivity contribution in [3.05, 3.63) is 65.4 Å². The molecule has 4 rings (SSSR count). The molecule has 0 amide bonds. The van der Waals surface area contributed by atoms with E-state index in [1.165, 1.54) is 10.8 Å². The van der Waals surface area contributed by atoms with Crippen molar-refractivity contribution in [1.29, 1.82) is 0 Å². The molecule has 30 heavy (non-hydrogen) atoms. The molecule has 8 heteroatoms. The van der Waals surface area contributed by atoms with E-state index in [-0.39, 0.29) is 25.2 Å². The summed E-state index contributed by atoms with van der Waals surface area (Å²) in [6, 6.07) is 13.7. The summed E-state index contributed by atoms with van der Waals surface area (Å²) >= 11 is 0. The molecule has 0 spiro atoms. The van der Waals surface area contributed by atoms with Crippen LogP contribution in [0.4, 0.5) is 0 Å². The molecule has 1 aromatic heterocycles. The van der Waals surface area contributed by atoms with Crippen molar-refractivity contribution < 1.29 is 28.8 Å². The SMILES string of the molecule is CS(=O)c1ccc2c(c1)c1c(n2C(=O)c2ccccc2)CCC(C(=O)O)(C(=O)O)C1. The molecule has 0 saturated heterocycles. The first-order chi connectivity index (χ1) is 14.3. The first-order valence-electron chi connectivity index (χ1n) is 9.32. The first kappa shape index (κ1) is 20.0. The Hall–Kier alpha value is -3.26. The van der Waals surface area contributed by atoms with Crippen LogP contribution in [0.1, 0.15) is 28.0 Å². The number of carbonyl (C=O) groups is 3. The molecule has 1 aliphatic rings. The number of carboxylic acids is 2. The first-order valence-corrected chi connectivity index (χ1v) is 10.9. The second kappa shape index (κ2) is 7.21. The number of carboxylic acid groups (broad SMARTS) is 2. The second-order valence-electron chi connectivity index (χ2n) is 7.43. The number of hydrogen-bond donors (Lipinski definition) is 2. The molecule has 154 valence electrons. The minimum Gasteiger partial charge on any atom is -0.480 e. The third-order valence-electron chi connectivity index (χ3n) is 5.79. The van der Waals surface area contributed by atoms with Gasteiger partial charge in [0.2, 0.25) is 0 Å². The highest BCUT2D eigenvalue weighted by atomic mass is 32.2. The third kappa shape index (κ3) is 2.95. The quantitative estimate of drug-likeness (QED) is 0.622. The Labute approximate surface area is 174 Å². The maximum atomic E-state index is 13.3. The van der Waals surface area contributed by atoms with Gasteiger partial charge < -0.3 is 10.2 Å². The van der Waals surface area contributed by atoms with Crippen molar-refractivity contribution in [2.45, 2.75) is 24.2 Å². The molecule has 1 heterocycles. The van der Waals surface area contributed by atoms with E-state index >= 15 is 0 Å². The van der Waals surface area contributed by atoms with Crippen LogP contribution in [-0.2, 0) is 33.2 Å². The number of fused-ring (bicyclic) bond motifs is 3. The fraction of sp³-hybridized carbons (Fsp3) is 0.227. The van der Waals surface area contributed by atoms with Gasteiger partial charge in [-0.25, -0.2) is 0 Å². The van der Waals surface area contributed by atoms with Crippen LogP contribution in [0.15, 0.2) is 53.4 Å². The van der Waals surface area contributed by atoms with Crippen LogP contribution in [-0.4, -0.2) is 43.1 Å². The molecule has 3 aromatic rings. The zero-order chi connectivity index (χ0) is 21.6. The fourth-order valence-corrected chi connectivity index (χ4v) is 4.69. The highest BCUT2D eigenvalue weighted by Crippen LogP contribution is 2.42. The summed E-state index contributed by atoms with van der Waals surface area (Å²) in [4.78, 5) is 37.6. The number of aliphatic carboxylic acids is 2. The Morgan fingerprint density at radius 2 is 1.70 bits per heavy atom. The lowest BCUT2D eigenvalue weighted by Gasteiger charge is -2.29. The van der Waals surface area contributed by atoms with Crippen molar-refractivity contribution in [2.24, 2.45) is 5.41 Å². The van der Waals surface area contributed by atoms with Gasteiger partial charge in [-0.3, -0.25) is 23.2 Å². The van der Waals surface area contributed by atoms with Gasteiger partial charge >= 0.3 is 11.9 Å². The van der Waals surface area contributed by atoms with Crippen molar-refractivity contribution in [2.75, 3.05) is 6.26 Å². The summed E-state index contributed by atoms with van der Waals surface area (Å²) in [5.41, 5.74) is 0.181. The van der Waals surface area contributed by atoms with Crippen LogP contribution in [0.25, 0.3) is 10.9 Å². The number of nitrogens with zero attached hydrogens (tertiary/aromatic N) is 1. The Balaban J connectivity index is 2.00. The van der Waals surface area contributed by atoms with Crippen molar-refractivity contribution in [1.82, 2.24) is 4.57 Å². The molecule has 1 atom stereocenters. The molecule has 0 bridgehead atoms. The van der Waals surface area contributed by atoms with Crippen molar-refractivity contribution in [3.8, 4) is 0 Å². The molecule has 1 aliphatic carbocycles. The van der Waals surface area contributed by atoms with Gasteiger partial charge in [0.15, 0.2) is 5.41 Å². The Morgan fingerprint density at radius 1 is 1.03 bits per heavy atom. The third-order valence-corrected chi connectivity index (χ3v) is 6.71. The Kier molecular flexibility index (Phi) is 4.82. The molecule has 0 radical (unpaired) electrons. The zero-order valence-corrected chi connectivity index (χ0v) is 16.9. The van der Waals surface area contributed by atoms with Gasteiger partial charge in [-0.15, -0.1) is 0 Å². The lowest BCUT2D eigenvalue weighted by atomic mass is 9.72. The molecular weight excluding hydrogens is 406 g/mol. The lowest BCUT2D eigenvalue weighted by Crippen LogP contribution is -2.44. The largest absolute Gasteiger partial charge is 0.480 e. The molecule has 0 aliphatic heterocycles. The van der Waals surface area contributed by atoms with E-state index < -0.39 is 28.2 Å². The Morgan fingerprint density at radius 3 is 2.30 bits per heavy atom. The van der Waals surface area contributed by atoms with Crippen LogP contribution < -0.4 is 0 Å². The molecule has 2 aromatic carbocycles. The number of benzene rings is 2. The smallest absolute Gasteiger partial charge is 0.321 e. The monoisotopic (exact) mass is 425 g/mol. The summed E-state index contributed by atoms with van der Waals surface area (Å²) in [5.74, 6) is -3.07. The highest BCUT2D eigenvalue weighted by Gasteiger charge is 2.50. The number of hydrogen-bond acceptors (Lipinski definition) is 4. The van der Waals surface area contributed by atoms with E-state index in [1.54, 1.807) is 48.5 Å². The minimum absolute atomic E-state index is 0.115.